The first-order valence-corrected chi connectivity index (χ1v) is 30.7. The summed E-state index contributed by atoms with van der Waals surface area (Å²) >= 11 is 0. The summed E-state index contributed by atoms with van der Waals surface area (Å²) in [5.41, 5.74) is 5.40. The van der Waals surface area contributed by atoms with Crippen LogP contribution in [-0.2, 0) is 27.9 Å². The van der Waals surface area contributed by atoms with Crippen LogP contribution in [0.2, 0.25) is 0 Å². The third kappa shape index (κ3) is 54.2. The summed E-state index contributed by atoms with van der Waals surface area (Å²) in [7, 11) is -4.28. The SMILES string of the molecule is CCCCCCCCCC/C=C\CCCCCCCCCCCCCC(=O)OC(COCCCCCCCCCCCCCCCCCCCCCCCCCC)COP(=O)(O)OCCN. The van der Waals surface area contributed by atoms with Gasteiger partial charge in [-0.25, -0.2) is 4.57 Å². The second-order valence-corrected chi connectivity index (χ2v) is 21.3. The smallest absolute Gasteiger partial charge is 0.457 e. The van der Waals surface area contributed by atoms with Crippen molar-refractivity contribution < 1.29 is 32.8 Å². The van der Waals surface area contributed by atoms with Crippen LogP contribution in [-0.4, -0.2) is 49.9 Å². The van der Waals surface area contributed by atoms with Gasteiger partial charge in [0.1, 0.15) is 6.10 Å². The number of carbonyl (C=O) groups is 1. The van der Waals surface area contributed by atoms with Gasteiger partial charge in [-0.1, -0.05) is 276 Å². The molecule has 0 bridgehead atoms. The number of phosphoric acid groups is 1. The molecule has 0 aliphatic carbocycles. The Morgan fingerprint density at radius 3 is 1.11 bits per heavy atom. The lowest BCUT2D eigenvalue weighted by Crippen LogP contribution is -2.28. The van der Waals surface area contributed by atoms with E-state index in [1.165, 1.54) is 257 Å². The highest BCUT2D eigenvalue weighted by molar-refractivity contribution is 7.47. The largest absolute Gasteiger partial charge is 0.472 e. The minimum Gasteiger partial charge on any atom is -0.457 e. The fourth-order valence-electron chi connectivity index (χ4n) is 8.88. The zero-order valence-electron chi connectivity index (χ0n) is 44.2. The summed E-state index contributed by atoms with van der Waals surface area (Å²) in [6.45, 7) is 5.01. The highest BCUT2D eigenvalue weighted by atomic mass is 31.2. The van der Waals surface area contributed by atoms with Gasteiger partial charge >= 0.3 is 13.8 Å². The van der Waals surface area contributed by atoms with Crippen molar-refractivity contribution in [3.05, 3.63) is 12.2 Å². The Morgan fingerprint density at radius 1 is 0.439 bits per heavy atom. The number of esters is 1. The molecule has 0 aliphatic heterocycles. The molecule has 0 aliphatic rings. The van der Waals surface area contributed by atoms with Gasteiger partial charge in [-0.15, -0.1) is 0 Å². The third-order valence-corrected chi connectivity index (χ3v) is 14.2. The van der Waals surface area contributed by atoms with Gasteiger partial charge in [-0.3, -0.25) is 13.8 Å². The molecule has 2 unspecified atom stereocenters. The quantitative estimate of drug-likeness (QED) is 0.0268. The normalized spacial score (nSPS) is 13.2. The molecule has 0 amide bonds. The average Bonchev–Trinajstić information content (AvgIpc) is 3.31. The molecule has 0 spiro atoms. The summed E-state index contributed by atoms with van der Waals surface area (Å²) in [5.74, 6) is -0.323. The maximum Gasteiger partial charge on any atom is 0.472 e. The number of carbonyl (C=O) groups excluding carboxylic acids is 1. The molecule has 9 heteroatoms. The molecule has 8 nitrogen and oxygen atoms in total. The molecule has 3 N–H and O–H groups in total. The lowest BCUT2D eigenvalue weighted by atomic mass is 10.0. The van der Waals surface area contributed by atoms with E-state index in [2.05, 4.69) is 26.0 Å². The highest BCUT2D eigenvalue weighted by Gasteiger charge is 2.25. The number of nitrogens with two attached hydrogens (primary N) is 1. The number of unbranched alkanes of at least 4 members (excludes halogenated alkanes) is 42. The standard InChI is InChI=1S/C57H114NO7P/c1-3-5-7-9-11-13-15-17-19-21-23-25-27-29-31-33-35-37-39-41-43-45-47-49-52-62-54-56(55-64-66(60,61)63-53-51-58)65-57(59)50-48-46-44-42-40-38-36-34-32-30-28-26-24-22-20-18-16-14-12-10-8-6-4-2/h22,24,56H,3-21,23,25-55,58H2,1-2H3,(H,60,61)/b24-22-. The topological polar surface area (TPSA) is 117 Å². The molecule has 0 aromatic heterocycles. The zero-order chi connectivity index (χ0) is 48.0. The fourth-order valence-corrected chi connectivity index (χ4v) is 9.64. The van der Waals surface area contributed by atoms with Crippen LogP contribution in [0.15, 0.2) is 12.2 Å². The monoisotopic (exact) mass is 956 g/mol. The fraction of sp³-hybridized carbons (Fsp3) is 0.947. The number of allylic oxidation sites excluding steroid dienone is 2. The lowest BCUT2D eigenvalue weighted by molar-refractivity contribution is -0.154. The van der Waals surface area contributed by atoms with E-state index in [1.54, 1.807) is 0 Å². The van der Waals surface area contributed by atoms with E-state index in [0.29, 0.717) is 13.0 Å². The Hall–Kier alpha value is -0.760. The van der Waals surface area contributed by atoms with Crippen LogP contribution in [0.25, 0.3) is 0 Å². The number of hydrogen-bond donors (Lipinski definition) is 2. The van der Waals surface area contributed by atoms with Crippen molar-refractivity contribution in [2.45, 2.75) is 315 Å². The van der Waals surface area contributed by atoms with E-state index in [4.69, 9.17) is 24.3 Å². The lowest BCUT2D eigenvalue weighted by Gasteiger charge is -2.20. The maximum absolute atomic E-state index is 12.7. The van der Waals surface area contributed by atoms with E-state index in [0.717, 1.165) is 32.1 Å². The third-order valence-electron chi connectivity index (χ3n) is 13.2. The van der Waals surface area contributed by atoms with Crippen molar-refractivity contribution >= 4 is 13.8 Å². The Morgan fingerprint density at radius 2 is 0.758 bits per heavy atom. The van der Waals surface area contributed by atoms with Crippen molar-refractivity contribution in [3.63, 3.8) is 0 Å². The zero-order valence-corrected chi connectivity index (χ0v) is 45.1. The summed E-state index contributed by atoms with van der Waals surface area (Å²) < 4.78 is 33.7. The number of hydrogen-bond acceptors (Lipinski definition) is 7. The molecular weight excluding hydrogens is 842 g/mol. The Labute approximate surface area is 411 Å². The van der Waals surface area contributed by atoms with E-state index in [1.807, 2.05) is 0 Å². The van der Waals surface area contributed by atoms with Gasteiger partial charge in [-0.2, -0.15) is 0 Å². The number of ether oxygens (including phenoxy) is 2. The first kappa shape index (κ1) is 65.2. The number of phosphoric ester groups is 1. The van der Waals surface area contributed by atoms with E-state index in [9.17, 15) is 14.3 Å². The number of rotatable bonds is 57. The molecule has 0 saturated carbocycles. The van der Waals surface area contributed by atoms with Gasteiger partial charge in [-0.05, 0) is 38.5 Å². The van der Waals surface area contributed by atoms with Gasteiger partial charge in [0.25, 0.3) is 0 Å². The van der Waals surface area contributed by atoms with E-state index >= 15 is 0 Å². The minimum absolute atomic E-state index is 0.0914. The van der Waals surface area contributed by atoms with E-state index < -0.39 is 13.9 Å². The summed E-state index contributed by atoms with van der Waals surface area (Å²) in [6.07, 6.45) is 64.1. The molecule has 0 fully saturated rings. The van der Waals surface area contributed by atoms with Gasteiger partial charge in [0.2, 0.25) is 0 Å². The average molecular weight is 957 g/mol. The van der Waals surface area contributed by atoms with Crippen LogP contribution in [0.3, 0.4) is 0 Å². The van der Waals surface area contributed by atoms with Crippen molar-refractivity contribution in [1.82, 2.24) is 0 Å². The van der Waals surface area contributed by atoms with Crippen molar-refractivity contribution in [2.75, 3.05) is 33.0 Å². The molecule has 0 aromatic carbocycles. The molecule has 0 rings (SSSR count). The second-order valence-electron chi connectivity index (χ2n) is 19.9. The van der Waals surface area contributed by atoms with Crippen LogP contribution in [0.1, 0.15) is 309 Å². The second kappa shape index (κ2) is 55.2. The molecule has 2 atom stereocenters. The Bertz CT molecular complexity index is 1030. The summed E-state index contributed by atoms with van der Waals surface area (Å²) in [6, 6.07) is 0. The summed E-state index contributed by atoms with van der Waals surface area (Å²) in [5, 5.41) is 0. The first-order valence-electron chi connectivity index (χ1n) is 29.2. The predicted octanol–water partition coefficient (Wildman–Crippen LogP) is 18.5. The van der Waals surface area contributed by atoms with Crippen molar-refractivity contribution in [3.8, 4) is 0 Å². The molecular formula is C57H114NO7P. The molecule has 0 aromatic rings. The van der Waals surface area contributed by atoms with Crippen LogP contribution >= 0.6 is 7.82 Å². The van der Waals surface area contributed by atoms with Gasteiger partial charge < -0.3 is 20.1 Å². The highest BCUT2D eigenvalue weighted by Crippen LogP contribution is 2.43. The maximum atomic E-state index is 12.7. The predicted molar refractivity (Wildman–Crippen MR) is 284 cm³/mol. The Kier molecular flexibility index (Phi) is 54.5. The van der Waals surface area contributed by atoms with Gasteiger partial charge in [0.15, 0.2) is 0 Å². The van der Waals surface area contributed by atoms with Crippen LogP contribution in [0.5, 0.6) is 0 Å². The van der Waals surface area contributed by atoms with Crippen LogP contribution < -0.4 is 5.73 Å². The van der Waals surface area contributed by atoms with Crippen molar-refractivity contribution in [1.29, 1.82) is 0 Å². The van der Waals surface area contributed by atoms with Gasteiger partial charge in [0.05, 0.1) is 19.8 Å². The molecule has 0 radical (unpaired) electrons. The van der Waals surface area contributed by atoms with Crippen LogP contribution in [0.4, 0.5) is 0 Å². The molecule has 0 heterocycles. The van der Waals surface area contributed by atoms with Crippen LogP contribution in [0, 0.1) is 0 Å². The minimum atomic E-state index is -4.28. The van der Waals surface area contributed by atoms with E-state index in [-0.39, 0.29) is 32.3 Å². The first-order chi connectivity index (χ1) is 32.4. The van der Waals surface area contributed by atoms with Crippen molar-refractivity contribution in [2.24, 2.45) is 5.73 Å². The molecule has 0 saturated heterocycles. The molecule has 394 valence electrons. The summed E-state index contributed by atoms with van der Waals surface area (Å²) in [4.78, 5) is 22.7. The van der Waals surface area contributed by atoms with Gasteiger partial charge in [0, 0.05) is 19.6 Å². The molecule has 66 heavy (non-hydrogen) atoms. The Balaban J connectivity index is 3.83.